The molecule has 2 N–H and O–H groups in total. The van der Waals surface area contributed by atoms with Gasteiger partial charge in [0.1, 0.15) is 5.76 Å². The summed E-state index contributed by atoms with van der Waals surface area (Å²) in [7, 11) is 0. The number of carbonyl (C=O) groups is 1. The molecule has 2 heterocycles. The van der Waals surface area contributed by atoms with E-state index < -0.39 is 0 Å². The first-order valence-corrected chi connectivity index (χ1v) is 8.65. The van der Waals surface area contributed by atoms with Crippen molar-refractivity contribution in [1.82, 2.24) is 15.1 Å². The summed E-state index contributed by atoms with van der Waals surface area (Å²) >= 11 is 0. The van der Waals surface area contributed by atoms with Crippen LogP contribution < -0.4 is 10.6 Å². The number of hydrogen-bond donors (Lipinski definition) is 2. The number of aryl methyl sites for hydroxylation is 2. The molecule has 1 amide bonds. The highest BCUT2D eigenvalue weighted by Gasteiger charge is 2.16. The van der Waals surface area contributed by atoms with Crippen molar-refractivity contribution in [1.29, 1.82) is 0 Å². The molecule has 0 aliphatic heterocycles. The minimum absolute atomic E-state index is 0.0341. The van der Waals surface area contributed by atoms with Gasteiger partial charge < -0.3 is 9.73 Å². The molecule has 3 rings (SSSR count). The Balaban J connectivity index is 1.68. The van der Waals surface area contributed by atoms with Gasteiger partial charge in [0.25, 0.3) is 0 Å². The molecule has 0 fully saturated rings. The van der Waals surface area contributed by atoms with Crippen LogP contribution in [-0.4, -0.2) is 22.2 Å². The second-order valence-corrected chi connectivity index (χ2v) is 6.46. The maximum atomic E-state index is 12.3. The van der Waals surface area contributed by atoms with E-state index in [2.05, 4.69) is 15.7 Å². The van der Waals surface area contributed by atoms with E-state index in [4.69, 9.17) is 4.42 Å². The lowest BCUT2D eigenvalue weighted by Crippen LogP contribution is -2.30. The summed E-state index contributed by atoms with van der Waals surface area (Å²) in [6, 6.07) is 11.8. The normalized spacial score (nSPS) is 12.2. The maximum Gasteiger partial charge on any atom is 0.238 e. The van der Waals surface area contributed by atoms with Gasteiger partial charge in [0.05, 0.1) is 41.6 Å². The molecular weight excluding hydrogens is 328 g/mol. The highest BCUT2D eigenvalue weighted by molar-refractivity contribution is 5.93. The largest absolute Gasteiger partial charge is 0.468 e. The molecule has 0 radical (unpaired) electrons. The first-order valence-electron chi connectivity index (χ1n) is 8.65. The molecule has 0 spiro atoms. The van der Waals surface area contributed by atoms with Crippen LogP contribution in [0, 0.1) is 20.8 Å². The van der Waals surface area contributed by atoms with E-state index in [0.29, 0.717) is 0 Å². The Bertz CT molecular complexity index is 879. The van der Waals surface area contributed by atoms with Gasteiger partial charge in [-0.25, -0.2) is 4.68 Å². The smallest absolute Gasteiger partial charge is 0.238 e. The summed E-state index contributed by atoms with van der Waals surface area (Å²) in [5.41, 5.74) is 4.61. The lowest BCUT2D eigenvalue weighted by molar-refractivity contribution is -0.115. The van der Waals surface area contributed by atoms with Gasteiger partial charge >= 0.3 is 0 Å². The van der Waals surface area contributed by atoms with Crippen molar-refractivity contribution in [2.75, 3.05) is 11.9 Å². The fraction of sp³-hybridized carbons (Fsp3) is 0.300. The fourth-order valence-electron chi connectivity index (χ4n) is 2.83. The van der Waals surface area contributed by atoms with Gasteiger partial charge in [-0.2, -0.15) is 5.10 Å². The number of benzene rings is 1. The highest BCUT2D eigenvalue weighted by Crippen LogP contribution is 2.23. The second-order valence-electron chi connectivity index (χ2n) is 6.46. The van der Waals surface area contributed by atoms with Crippen molar-refractivity contribution in [3.8, 4) is 5.69 Å². The number of nitrogens with zero attached hydrogens (tertiary/aromatic N) is 2. The van der Waals surface area contributed by atoms with Crippen LogP contribution in [0.3, 0.4) is 0 Å². The van der Waals surface area contributed by atoms with E-state index in [0.717, 1.165) is 28.5 Å². The number of aromatic nitrogens is 2. The lowest BCUT2D eigenvalue weighted by Gasteiger charge is -2.12. The molecule has 1 atom stereocenters. The van der Waals surface area contributed by atoms with E-state index in [-0.39, 0.29) is 18.5 Å². The van der Waals surface area contributed by atoms with Crippen molar-refractivity contribution in [3.05, 3.63) is 65.4 Å². The summed E-state index contributed by atoms with van der Waals surface area (Å²) in [5.74, 6) is 0.690. The number of hydrogen-bond acceptors (Lipinski definition) is 4. The van der Waals surface area contributed by atoms with E-state index >= 15 is 0 Å². The van der Waals surface area contributed by atoms with Crippen LogP contribution in [0.4, 0.5) is 5.69 Å². The van der Waals surface area contributed by atoms with Crippen molar-refractivity contribution >= 4 is 11.6 Å². The monoisotopic (exact) mass is 352 g/mol. The Morgan fingerprint density at radius 2 is 1.92 bits per heavy atom. The average molecular weight is 352 g/mol. The fourth-order valence-corrected chi connectivity index (χ4v) is 2.83. The molecule has 0 bridgehead atoms. The van der Waals surface area contributed by atoms with Gasteiger partial charge in [-0.1, -0.05) is 17.7 Å². The van der Waals surface area contributed by atoms with E-state index in [1.165, 1.54) is 5.56 Å². The van der Waals surface area contributed by atoms with Crippen LogP contribution in [0.1, 0.15) is 35.7 Å². The standard InChI is InChI=1S/C20H24N4O2/c1-13-7-9-17(10-8-13)24-16(4)20(15(3)23-24)22-19(25)12-21-14(2)18-6-5-11-26-18/h5-11,14,21H,12H2,1-4H3,(H,22,25)/t14-/m1/s1. The number of carbonyl (C=O) groups excluding carboxylic acids is 1. The molecule has 6 heteroatoms. The maximum absolute atomic E-state index is 12.3. The van der Waals surface area contributed by atoms with Crippen LogP contribution in [0.2, 0.25) is 0 Å². The molecule has 0 saturated heterocycles. The van der Waals surface area contributed by atoms with Gasteiger partial charge in [0, 0.05) is 0 Å². The first-order chi connectivity index (χ1) is 12.5. The molecule has 1 aromatic carbocycles. The first kappa shape index (κ1) is 17.9. The summed E-state index contributed by atoms with van der Waals surface area (Å²) in [5, 5.41) is 10.7. The van der Waals surface area contributed by atoms with E-state index in [1.807, 2.05) is 68.8 Å². The van der Waals surface area contributed by atoms with E-state index in [9.17, 15) is 4.79 Å². The van der Waals surface area contributed by atoms with Crippen LogP contribution >= 0.6 is 0 Å². The average Bonchev–Trinajstić information content (AvgIpc) is 3.25. The van der Waals surface area contributed by atoms with Gasteiger partial charge in [0.2, 0.25) is 5.91 Å². The Morgan fingerprint density at radius 3 is 2.58 bits per heavy atom. The third-order valence-electron chi connectivity index (χ3n) is 4.37. The summed E-state index contributed by atoms with van der Waals surface area (Å²) in [6.07, 6.45) is 1.62. The molecule has 0 saturated carbocycles. The molecular formula is C20H24N4O2. The topological polar surface area (TPSA) is 72.1 Å². The highest BCUT2D eigenvalue weighted by atomic mass is 16.3. The van der Waals surface area contributed by atoms with E-state index in [1.54, 1.807) is 6.26 Å². The lowest BCUT2D eigenvalue weighted by atomic mass is 10.2. The molecule has 136 valence electrons. The number of amides is 1. The number of rotatable bonds is 6. The van der Waals surface area contributed by atoms with Gasteiger partial charge in [-0.05, 0) is 52.0 Å². The van der Waals surface area contributed by atoms with Gasteiger partial charge in [-0.3, -0.25) is 10.1 Å². The van der Waals surface area contributed by atoms with Crippen molar-refractivity contribution in [3.63, 3.8) is 0 Å². The number of anilines is 1. The summed E-state index contributed by atoms with van der Waals surface area (Å²) in [6.45, 7) is 8.04. The van der Waals surface area contributed by atoms with Crippen LogP contribution in [0.15, 0.2) is 47.1 Å². The molecule has 6 nitrogen and oxygen atoms in total. The summed E-state index contributed by atoms with van der Waals surface area (Å²) < 4.78 is 7.19. The van der Waals surface area contributed by atoms with Crippen LogP contribution in [0.25, 0.3) is 5.69 Å². The zero-order valence-electron chi connectivity index (χ0n) is 15.5. The molecule has 0 unspecified atom stereocenters. The van der Waals surface area contributed by atoms with Gasteiger partial charge in [-0.15, -0.1) is 0 Å². The van der Waals surface area contributed by atoms with Crippen molar-refractivity contribution < 1.29 is 9.21 Å². The number of nitrogens with one attached hydrogen (secondary N) is 2. The van der Waals surface area contributed by atoms with Gasteiger partial charge in [0.15, 0.2) is 0 Å². The Morgan fingerprint density at radius 1 is 1.19 bits per heavy atom. The van der Waals surface area contributed by atoms with Crippen molar-refractivity contribution in [2.45, 2.75) is 33.7 Å². The molecule has 2 aromatic heterocycles. The summed E-state index contributed by atoms with van der Waals surface area (Å²) in [4.78, 5) is 12.3. The molecule has 26 heavy (non-hydrogen) atoms. The molecule has 0 aliphatic carbocycles. The minimum Gasteiger partial charge on any atom is -0.468 e. The zero-order valence-corrected chi connectivity index (χ0v) is 15.5. The minimum atomic E-state index is -0.113. The van der Waals surface area contributed by atoms with Crippen LogP contribution in [-0.2, 0) is 4.79 Å². The predicted molar refractivity (Wildman–Crippen MR) is 102 cm³/mol. The Labute approximate surface area is 153 Å². The van der Waals surface area contributed by atoms with Crippen LogP contribution in [0.5, 0.6) is 0 Å². The third-order valence-corrected chi connectivity index (χ3v) is 4.37. The second kappa shape index (κ2) is 7.58. The number of furan rings is 1. The van der Waals surface area contributed by atoms with Crippen molar-refractivity contribution in [2.24, 2.45) is 0 Å². The molecule has 0 aliphatic rings. The molecule has 3 aromatic rings. The Kier molecular flexibility index (Phi) is 5.23. The Hall–Kier alpha value is -2.86. The predicted octanol–water partition coefficient (Wildman–Crippen LogP) is 3.68. The zero-order chi connectivity index (χ0) is 18.7. The SMILES string of the molecule is Cc1ccc(-n2nc(C)c(NC(=O)CN[C@H](C)c3ccco3)c2C)cc1. The quantitative estimate of drug-likeness (QED) is 0.710. The third kappa shape index (κ3) is 3.86.